The molecule has 0 aliphatic carbocycles. The minimum atomic E-state index is 0.703. The van der Waals surface area contributed by atoms with E-state index in [1.54, 1.807) is 4.52 Å². The molecule has 3 aromatic rings. The molecule has 0 saturated carbocycles. The first-order valence-electron chi connectivity index (χ1n) is 4.90. The van der Waals surface area contributed by atoms with Gasteiger partial charge in [0.1, 0.15) is 5.69 Å². The lowest BCUT2D eigenvalue weighted by molar-refractivity contribution is 0.857. The van der Waals surface area contributed by atoms with Crippen molar-refractivity contribution in [2.75, 3.05) is 0 Å². The molecule has 0 fully saturated rings. The molecule has 3 rings (SSSR count). The summed E-state index contributed by atoms with van der Waals surface area (Å²) in [5, 5.41) is 8.91. The van der Waals surface area contributed by atoms with E-state index in [9.17, 15) is 0 Å². The minimum Gasteiger partial charge on any atom is -0.220 e. The molecular formula is C12H8ClN3. The van der Waals surface area contributed by atoms with Gasteiger partial charge in [-0.25, -0.2) is 4.52 Å². The average Bonchev–Trinajstić information content (AvgIpc) is 2.72. The normalized spacial score (nSPS) is 10.8. The Balaban J connectivity index is 2.26. The second-order valence-electron chi connectivity index (χ2n) is 3.48. The van der Waals surface area contributed by atoms with E-state index in [4.69, 9.17) is 11.6 Å². The molecule has 78 valence electrons. The first-order valence-corrected chi connectivity index (χ1v) is 5.28. The third kappa shape index (κ3) is 1.46. The molecule has 16 heavy (non-hydrogen) atoms. The molecule has 0 aliphatic heterocycles. The fourth-order valence-electron chi connectivity index (χ4n) is 1.69. The fourth-order valence-corrected chi connectivity index (χ4v) is 1.88. The first kappa shape index (κ1) is 9.36. The summed E-state index contributed by atoms with van der Waals surface area (Å²) < 4.78 is 1.75. The minimum absolute atomic E-state index is 0.703. The highest BCUT2D eigenvalue weighted by Crippen LogP contribution is 2.24. The van der Waals surface area contributed by atoms with Gasteiger partial charge in [0.25, 0.3) is 0 Å². The van der Waals surface area contributed by atoms with Gasteiger partial charge in [-0.1, -0.05) is 35.0 Å². The summed E-state index contributed by atoms with van der Waals surface area (Å²) in [7, 11) is 0. The zero-order valence-electron chi connectivity index (χ0n) is 8.34. The maximum atomic E-state index is 5.96. The highest BCUT2D eigenvalue weighted by molar-refractivity contribution is 6.30. The maximum Gasteiger partial charge on any atom is 0.120 e. The van der Waals surface area contributed by atoms with Crippen LogP contribution in [0, 0.1) is 0 Å². The molecule has 0 N–H and O–H groups in total. The quantitative estimate of drug-likeness (QED) is 0.642. The van der Waals surface area contributed by atoms with Gasteiger partial charge in [-0.05, 0) is 24.3 Å². The van der Waals surface area contributed by atoms with E-state index in [1.165, 1.54) is 0 Å². The molecular weight excluding hydrogens is 222 g/mol. The van der Waals surface area contributed by atoms with Crippen molar-refractivity contribution >= 4 is 17.1 Å². The van der Waals surface area contributed by atoms with Crippen molar-refractivity contribution in [1.29, 1.82) is 0 Å². The molecule has 0 unspecified atom stereocenters. The molecule has 0 aliphatic rings. The average molecular weight is 230 g/mol. The Labute approximate surface area is 97.3 Å². The SMILES string of the molecule is Clc1cccc(-c2nnn3ccccc23)c1. The number of hydrogen-bond acceptors (Lipinski definition) is 2. The van der Waals surface area contributed by atoms with Gasteiger partial charge >= 0.3 is 0 Å². The van der Waals surface area contributed by atoms with Crippen LogP contribution in [0.25, 0.3) is 16.8 Å². The molecule has 2 heterocycles. The maximum absolute atomic E-state index is 5.96. The predicted molar refractivity (Wildman–Crippen MR) is 63.4 cm³/mol. The van der Waals surface area contributed by atoms with Gasteiger partial charge in [-0.15, -0.1) is 5.10 Å². The second-order valence-corrected chi connectivity index (χ2v) is 3.92. The second kappa shape index (κ2) is 3.61. The van der Waals surface area contributed by atoms with Crippen LogP contribution < -0.4 is 0 Å². The van der Waals surface area contributed by atoms with Crippen molar-refractivity contribution < 1.29 is 0 Å². The van der Waals surface area contributed by atoms with Gasteiger partial charge in [0.15, 0.2) is 0 Å². The van der Waals surface area contributed by atoms with Crippen LogP contribution in [-0.2, 0) is 0 Å². The third-order valence-electron chi connectivity index (χ3n) is 2.42. The predicted octanol–water partition coefficient (Wildman–Crippen LogP) is 3.05. The molecule has 0 atom stereocenters. The molecule has 2 aromatic heterocycles. The number of nitrogens with zero attached hydrogens (tertiary/aromatic N) is 3. The zero-order valence-corrected chi connectivity index (χ0v) is 9.09. The summed E-state index contributed by atoms with van der Waals surface area (Å²) in [5.41, 5.74) is 2.81. The van der Waals surface area contributed by atoms with E-state index in [-0.39, 0.29) is 0 Å². The number of benzene rings is 1. The van der Waals surface area contributed by atoms with Gasteiger partial charge in [0, 0.05) is 16.8 Å². The lowest BCUT2D eigenvalue weighted by Crippen LogP contribution is -1.83. The van der Waals surface area contributed by atoms with Gasteiger partial charge in [0.2, 0.25) is 0 Å². The highest BCUT2D eigenvalue weighted by Gasteiger charge is 2.07. The van der Waals surface area contributed by atoms with Crippen molar-refractivity contribution in [2.45, 2.75) is 0 Å². The molecule has 0 spiro atoms. The van der Waals surface area contributed by atoms with Crippen LogP contribution in [0.3, 0.4) is 0 Å². The lowest BCUT2D eigenvalue weighted by Gasteiger charge is -1.97. The number of halogens is 1. The van der Waals surface area contributed by atoms with Gasteiger partial charge in [0.05, 0.1) is 5.52 Å². The molecule has 0 bridgehead atoms. The van der Waals surface area contributed by atoms with Crippen molar-refractivity contribution in [2.24, 2.45) is 0 Å². The lowest BCUT2D eigenvalue weighted by atomic mass is 10.1. The Morgan fingerprint density at radius 2 is 2.00 bits per heavy atom. The summed E-state index contributed by atoms with van der Waals surface area (Å²) in [6.45, 7) is 0. The Bertz CT molecular complexity index is 645. The van der Waals surface area contributed by atoms with Crippen molar-refractivity contribution in [3.8, 4) is 11.3 Å². The summed E-state index contributed by atoms with van der Waals surface area (Å²) in [4.78, 5) is 0. The smallest absolute Gasteiger partial charge is 0.120 e. The van der Waals surface area contributed by atoms with E-state index < -0.39 is 0 Å². The number of fused-ring (bicyclic) bond motifs is 1. The van der Waals surface area contributed by atoms with Gasteiger partial charge in [-0.2, -0.15) is 0 Å². The van der Waals surface area contributed by atoms with Gasteiger partial charge in [-0.3, -0.25) is 0 Å². The number of aromatic nitrogens is 3. The van der Waals surface area contributed by atoms with Crippen molar-refractivity contribution in [3.05, 3.63) is 53.7 Å². The topological polar surface area (TPSA) is 30.2 Å². The van der Waals surface area contributed by atoms with Crippen LogP contribution in [0.2, 0.25) is 5.02 Å². The van der Waals surface area contributed by atoms with Crippen molar-refractivity contribution in [3.63, 3.8) is 0 Å². The van der Waals surface area contributed by atoms with Crippen LogP contribution in [0.15, 0.2) is 48.7 Å². The summed E-state index contributed by atoms with van der Waals surface area (Å²) in [6, 6.07) is 13.5. The van der Waals surface area contributed by atoms with Crippen LogP contribution in [0.1, 0.15) is 0 Å². The molecule has 0 amide bonds. The van der Waals surface area contributed by atoms with E-state index in [1.807, 2.05) is 48.7 Å². The molecule has 3 nitrogen and oxygen atoms in total. The standard InChI is InChI=1S/C12H8ClN3/c13-10-5-3-4-9(8-10)12-11-6-1-2-7-16(11)15-14-12/h1-8H. The monoisotopic (exact) mass is 229 g/mol. The molecule has 1 aromatic carbocycles. The molecule has 0 radical (unpaired) electrons. The van der Waals surface area contributed by atoms with Crippen molar-refractivity contribution in [1.82, 2.24) is 14.8 Å². The largest absolute Gasteiger partial charge is 0.220 e. The molecule has 0 saturated heterocycles. The third-order valence-corrected chi connectivity index (χ3v) is 2.66. The number of hydrogen-bond donors (Lipinski definition) is 0. The van der Waals surface area contributed by atoms with Crippen LogP contribution in [0.4, 0.5) is 0 Å². The Morgan fingerprint density at radius 3 is 2.88 bits per heavy atom. The van der Waals surface area contributed by atoms with Crippen LogP contribution >= 0.6 is 11.6 Å². The van der Waals surface area contributed by atoms with E-state index >= 15 is 0 Å². The van der Waals surface area contributed by atoms with E-state index in [2.05, 4.69) is 10.3 Å². The molecule has 4 heteroatoms. The first-order chi connectivity index (χ1) is 7.84. The number of rotatable bonds is 1. The summed E-state index contributed by atoms with van der Waals surface area (Å²) >= 11 is 5.96. The van der Waals surface area contributed by atoms with Crippen LogP contribution in [-0.4, -0.2) is 14.8 Å². The Morgan fingerprint density at radius 1 is 1.06 bits per heavy atom. The highest BCUT2D eigenvalue weighted by atomic mass is 35.5. The van der Waals surface area contributed by atoms with Crippen LogP contribution in [0.5, 0.6) is 0 Å². The zero-order chi connectivity index (χ0) is 11.0. The van der Waals surface area contributed by atoms with E-state index in [0.29, 0.717) is 5.02 Å². The summed E-state index contributed by atoms with van der Waals surface area (Å²) in [6.07, 6.45) is 1.87. The fraction of sp³-hybridized carbons (Fsp3) is 0. The number of pyridine rings is 1. The van der Waals surface area contributed by atoms with E-state index in [0.717, 1.165) is 16.8 Å². The Hall–Kier alpha value is -1.87. The van der Waals surface area contributed by atoms with Gasteiger partial charge < -0.3 is 0 Å². The Kier molecular flexibility index (Phi) is 2.11. The summed E-state index contributed by atoms with van der Waals surface area (Å²) in [5.74, 6) is 0.